The van der Waals surface area contributed by atoms with Crippen LogP contribution in [-0.2, 0) is 16.6 Å². The molecule has 0 atom stereocenters. The molecule has 1 heterocycles. The summed E-state index contributed by atoms with van der Waals surface area (Å²) in [6, 6.07) is 21.3. The zero-order chi connectivity index (χ0) is 24.0. The van der Waals surface area contributed by atoms with Crippen LogP contribution in [0, 0.1) is 0 Å². The van der Waals surface area contributed by atoms with Crippen molar-refractivity contribution in [2.24, 2.45) is 0 Å². The van der Waals surface area contributed by atoms with Gasteiger partial charge in [-0.1, -0.05) is 36.4 Å². The molecular weight excluding hydrogens is 452 g/mol. The lowest BCUT2D eigenvalue weighted by Crippen LogP contribution is -2.28. The summed E-state index contributed by atoms with van der Waals surface area (Å²) in [4.78, 5) is 13.2. The average Bonchev–Trinajstić information content (AvgIpc) is 3.41. The second kappa shape index (κ2) is 10.7. The van der Waals surface area contributed by atoms with E-state index < -0.39 is 10.0 Å². The zero-order valence-electron chi connectivity index (χ0n) is 19.1. The van der Waals surface area contributed by atoms with Crippen LogP contribution in [0.15, 0.2) is 77.7 Å². The molecule has 0 spiro atoms. The van der Waals surface area contributed by atoms with Crippen LogP contribution in [0.1, 0.15) is 35.7 Å². The van der Waals surface area contributed by atoms with E-state index >= 15 is 0 Å². The third-order valence-electron chi connectivity index (χ3n) is 5.58. The number of nitrogens with one attached hydrogen (secondary N) is 1. The van der Waals surface area contributed by atoms with Crippen LogP contribution in [0.3, 0.4) is 0 Å². The van der Waals surface area contributed by atoms with Crippen molar-refractivity contribution in [1.82, 2.24) is 4.31 Å². The Kier molecular flexibility index (Phi) is 7.49. The number of amides is 1. The molecule has 1 aliphatic rings. The fraction of sp³-hybridized carbons (Fsp3) is 0.269. The molecule has 3 aromatic rings. The normalized spacial score (nSPS) is 14.0. The molecule has 34 heavy (non-hydrogen) atoms. The van der Waals surface area contributed by atoms with Gasteiger partial charge in [-0.05, 0) is 56.2 Å². The van der Waals surface area contributed by atoms with E-state index in [-0.39, 0.29) is 23.2 Å². The molecule has 1 fully saturated rings. The van der Waals surface area contributed by atoms with Crippen LogP contribution in [0.5, 0.6) is 11.5 Å². The fourth-order valence-electron chi connectivity index (χ4n) is 3.87. The summed E-state index contributed by atoms with van der Waals surface area (Å²) < 4.78 is 39.3. The Morgan fingerprint density at radius 3 is 2.38 bits per heavy atom. The first-order valence-electron chi connectivity index (χ1n) is 11.3. The lowest BCUT2D eigenvalue weighted by Gasteiger charge is -2.19. The molecule has 7 nitrogen and oxygen atoms in total. The summed E-state index contributed by atoms with van der Waals surface area (Å²) in [5, 5.41) is 2.84. The standard InChI is InChI=1S/C26H28N2O5S/c1-2-32-24-15-14-21(18-25(24)34(30,31)28-16-8-9-17-28)27-26(29)23-13-7-6-10-20(23)19-33-22-11-4-3-5-12-22/h3-7,10-15,18H,2,8-9,16-17,19H2,1H3,(H,27,29). The van der Waals surface area contributed by atoms with E-state index in [0.717, 1.165) is 18.4 Å². The Bertz CT molecular complexity index is 1240. The molecule has 8 heteroatoms. The summed E-state index contributed by atoms with van der Waals surface area (Å²) in [7, 11) is -3.72. The number of anilines is 1. The van der Waals surface area contributed by atoms with Crippen molar-refractivity contribution >= 4 is 21.6 Å². The Balaban J connectivity index is 1.56. The van der Waals surface area contributed by atoms with E-state index in [4.69, 9.17) is 9.47 Å². The number of carbonyl (C=O) groups excluding carboxylic acids is 1. The van der Waals surface area contributed by atoms with Gasteiger partial charge in [0.2, 0.25) is 10.0 Å². The van der Waals surface area contributed by atoms with Crippen LogP contribution >= 0.6 is 0 Å². The highest BCUT2D eigenvalue weighted by molar-refractivity contribution is 7.89. The van der Waals surface area contributed by atoms with E-state index in [2.05, 4.69) is 5.32 Å². The molecule has 0 aliphatic carbocycles. The second-order valence-corrected chi connectivity index (χ2v) is 9.83. The van der Waals surface area contributed by atoms with E-state index in [0.29, 0.717) is 36.7 Å². The van der Waals surface area contributed by atoms with Crippen LogP contribution in [-0.4, -0.2) is 38.3 Å². The van der Waals surface area contributed by atoms with Crippen LogP contribution in [0.2, 0.25) is 0 Å². The van der Waals surface area contributed by atoms with E-state index in [1.165, 1.54) is 10.4 Å². The molecule has 1 amide bonds. The molecule has 1 saturated heterocycles. The minimum Gasteiger partial charge on any atom is -0.492 e. The molecule has 0 aromatic heterocycles. The number of nitrogens with zero attached hydrogens (tertiary/aromatic N) is 1. The summed E-state index contributed by atoms with van der Waals surface area (Å²) in [6.07, 6.45) is 1.67. The molecule has 1 aliphatic heterocycles. The van der Waals surface area contributed by atoms with E-state index in [1.807, 2.05) is 42.5 Å². The molecule has 4 rings (SSSR count). The number of rotatable bonds is 9. The first kappa shape index (κ1) is 23.8. The number of ether oxygens (including phenoxy) is 2. The number of benzene rings is 3. The van der Waals surface area contributed by atoms with Crippen molar-refractivity contribution in [3.8, 4) is 11.5 Å². The molecule has 0 saturated carbocycles. The summed E-state index contributed by atoms with van der Waals surface area (Å²) in [5.74, 6) is 0.644. The summed E-state index contributed by atoms with van der Waals surface area (Å²) in [5.41, 5.74) is 1.56. The number of para-hydroxylation sites is 1. The van der Waals surface area contributed by atoms with Crippen molar-refractivity contribution in [2.45, 2.75) is 31.3 Å². The molecule has 178 valence electrons. The van der Waals surface area contributed by atoms with Gasteiger partial charge in [0.25, 0.3) is 5.91 Å². The summed E-state index contributed by atoms with van der Waals surface area (Å²) in [6.45, 7) is 3.34. The van der Waals surface area contributed by atoms with E-state index in [1.54, 1.807) is 31.2 Å². The number of sulfonamides is 1. The topological polar surface area (TPSA) is 84.9 Å². The van der Waals surface area contributed by atoms with Crippen LogP contribution < -0.4 is 14.8 Å². The first-order valence-corrected chi connectivity index (χ1v) is 12.8. The largest absolute Gasteiger partial charge is 0.492 e. The van der Waals surface area contributed by atoms with Crippen LogP contribution in [0.4, 0.5) is 5.69 Å². The number of hydrogen-bond acceptors (Lipinski definition) is 5. The smallest absolute Gasteiger partial charge is 0.256 e. The van der Waals surface area contributed by atoms with Crippen molar-refractivity contribution < 1.29 is 22.7 Å². The van der Waals surface area contributed by atoms with Gasteiger partial charge in [0, 0.05) is 29.9 Å². The van der Waals surface area contributed by atoms with Crippen LogP contribution in [0.25, 0.3) is 0 Å². The van der Waals surface area contributed by atoms with Gasteiger partial charge in [0.05, 0.1) is 6.61 Å². The molecule has 0 radical (unpaired) electrons. The van der Waals surface area contributed by atoms with Crippen molar-refractivity contribution in [1.29, 1.82) is 0 Å². The monoisotopic (exact) mass is 480 g/mol. The van der Waals surface area contributed by atoms with Gasteiger partial charge < -0.3 is 14.8 Å². The van der Waals surface area contributed by atoms with Crippen molar-refractivity contribution in [3.05, 3.63) is 83.9 Å². The lowest BCUT2D eigenvalue weighted by atomic mass is 10.1. The molecule has 1 N–H and O–H groups in total. The maximum Gasteiger partial charge on any atom is 0.256 e. The SMILES string of the molecule is CCOc1ccc(NC(=O)c2ccccc2COc2ccccc2)cc1S(=O)(=O)N1CCCC1. The van der Waals surface area contributed by atoms with Gasteiger partial charge in [0.15, 0.2) is 0 Å². The first-order chi connectivity index (χ1) is 16.5. The predicted molar refractivity (Wildman–Crippen MR) is 131 cm³/mol. The fourth-order valence-corrected chi connectivity index (χ4v) is 5.55. The minimum absolute atomic E-state index is 0.0646. The highest BCUT2D eigenvalue weighted by Gasteiger charge is 2.30. The molecular formula is C26H28N2O5S. The van der Waals surface area contributed by atoms with Gasteiger partial charge in [-0.25, -0.2) is 8.42 Å². The maximum absolute atomic E-state index is 13.2. The maximum atomic E-state index is 13.2. The number of hydrogen-bond donors (Lipinski definition) is 1. The van der Waals surface area contributed by atoms with Gasteiger partial charge in [-0.3, -0.25) is 4.79 Å². The third kappa shape index (κ3) is 5.40. The van der Waals surface area contributed by atoms with E-state index in [9.17, 15) is 13.2 Å². The van der Waals surface area contributed by atoms with Gasteiger partial charge in [-0.15, -0.1) is 0 Å². The van der Waals surface area contributed by atoms with Gasteiger partial charge in [-0.2, -0.15) is 4.31 Å². The van der Waals surface area contributed by atoms with Crippen molar-refractivity contribution in [2.75, 3.05) is 25.0 Å². The lowest BCUT2D eigenvalue weighted by molar-refractivity contribution is 0.102. The Morgan fingerprint density at radius 2 is 1.65 bits per heavy atom. The molecule has 3 aromatic carbocycles. The molecule has 0 unspecified atom stereocenters. The highest BCUT2D eigenvalue weighted by atomic mass is 32.2. The van der Waals surface area contributed by atoms with Gasteiger partial charge >= 0.3 is 0 Å². The van der Waals surface area contributed by atoms with Gasteiger partial charge in [0.1, 0.15) is 23.0 Å². The Hall–Kier alpha value is -3.36. The minimum atomic E-state index is -3.72. The van der Waals surface area contributed by atoms with Crippen molar-refractivity contribution in [3.63, 3.8) is 0 Å². The Morgan fingerprint density at radius 1 is 0.941 bits per heavy atom. The predicted octanol–water partition coefficient (Wildman–Crippen LogP) is 4.70. The zero-order valence-corrected chi connectivity index (χ0v) is 19.9. The number of carbonyl (C=O) groups is 1. The highest BCUT2D eigenvalue weighted by Crippen LogP contribution is 2.32. The summed E-state index contributed by atoms with van der Waals surface area (Å²) >= 11 is 0. The third-order valence-corrected chi connectivity index (χ3v) is 7.50. The average molecular weight is 481 g/mol. The Labute approximate surface area is 200 Å². The second-order valence-electron chi connectivity index (χ2n) is 7.92. The quantitative estimate of drug-likeness (QED) is 0.480. The molecule has 0 bridgehead atoms.